The fourth-order valence-corrected chi connectivity index (χ4v) is 4.65. The van der Waals surface area contributed by atoms with E-state index in [1.54, 1.807) is 12.1 Å². The van der Waals surface area contributed by atoms with E-state index < -0.39 is 0 Å². The lowest BCUT2D eigenvalue weighted by Crippen LogP contribution is -2.36. The largest absolute Gasteiger partial charge is 0.508 e. The van der Waals surface area contributed by atoms with Crippen molar-refractivity contribution >= 4 is 17.0 Å². The Kier molecular flexibility index (Phi) is 5.80. The van der Waals surface area contributed by atoms with Gasteiger partial charge in [-0.25, -0.2) is 4.98 Å². The number of hydrogen-bond acceptors (Lipinski definition) is 4. The molecule has 1 aliphatic carbocycles. The van der Waals surface area contributed by atoms with Crippen LogP contribution in [0.25, 0.3) is 22.4 Å². The summed E-state index contributed by atoms with van der Waals surface area (Å²) < 4.78 is 7.96. The number of nitrogens with zero attached hydrogens (tertiary/aromatic N) is 2. The molecule has 5 nitrogen and oxygen atoms in total. The predicted octanol–water partition coefficient (Wildman–Crippen LogP) is 5.41. The van der Waals surface area contributed by atoms with E-state index in [4.69, 9.17) is 9.72 Å². The highest BCUT2D eigenvalue weighted by Gasteiger charge is 2.33. The summed E-state index contributed by atoms with van der Waals surface area (Å²) in [5.41, 5.74) is 2.58. The maximum atomic E-state index is 13.0. The highest BCUT2D eigenvalue weighted by atomic mass is 16.5. The quantitative estimate of drug-likeness (QED) is 0.575. The summed E-state index contributed by atoms with van der Waals surface area (Å²) in [7, 11) is 0. The summed E-state index contributed by atoms with van der Waals surface area (Å²) in [5, 5.41) is 9.63. The van der Waals surface area contributed by atoms with Crippen LogP contribution in [0.3, 0.4) is 0 Å². The second kappa shape index (κ2) is 8.50. The first-order chi connectivity index (χ1) is 14.4. The van der Waals surface area contributed by atoms with Crippen molar-refractivity contribution in [3.63, 3.8) is 0 Å². The Morgan fingerprint density at radius 2 is 1.90 bits per heavy atom. The van der Waals surface area contributed by atoms with Crippen LogP contribution in [0.4, 0.5) is 0 Å². The topological polar surface area (TPSA) is 64.3 Å². The Balaban J connectivity index is 1.62. The van der Waals surface area contributed by atoms with E-state index in [1.807, 2.05) is 41.0 Å². The molecular formula is C25H30N2O3. The van der Waals surface area contributed by atoms with E-state index >= 15 is 0 Å². The summed E-state index contributed by atoms with van der Waals surface area (Å²) >= 11 is 0. The average molecular weight is 407 g/mol. The van der Waals surface area contributed by atoms with Crippen molar-refractivity contribution in [3.05, 3.63) is 48.5 Å². The molecule has 3 aromatic rings. The van der Waals surface area contributed by atoms with Gasteiger partial charge >= 0.3 is 5.97 Å². The van der Waals surface area contributed by atoms with Gasteiger partial charge in [0.15, 0.2) is 0 Å². The molecule has 1 saturated carbocycles. The Labute approximate surface area is 177 Å². The van der Waals surface area contributed by atoms with Crippen LogP contribution < -0.4 is 0 Å². The van der Waals surface area contributed by atoms with Gasteiger partial charge in [-0.05, 0) is 67.0 Å². The molecule has 2 unspecified atom stereocenters. The minimum Gasteiger partial charge on any atom is -0.508 e. The number of ether oxygens (including phenoxy) is 1. The van der Waals surface area contributed by atoms with Gasteiger partial charge < -0.3 is 14.4 Å². The summed E-state index contributed by atoms with van der Waals surface area (Å²) in [6, 6.07) is 14.7. The number of hydrogen-bond donors (Lipinski definition) is 1. The SMILES string of the molecule is CC1CC[C@@H](C(C)C)C(OC(=O)Cn2c(-c3ccc(O)cc3)nc3ccccc32)C1. The predicted molar refractivity (Wildman–Crippen MR) is 118 cm³/mol. The van der Waals surface area contributed by atoms with Crippen LogP contribution in [-0.4, -0.2) is 26.7 Å². The van der Waals surface area contributed by atoms with Crippen LogP contribution in [0.2, 0.25) is 0 Å². The highest BCUT2D eigenvalue weighted by Crippen LogP contribution is 2.35. The molecule has 0 aliphatic heterocycles. The molecule has 4 rings (SSSR count). The number of carbonyl (C=O) groups is 1. The number of benzene rings is 2. The number of para-hydroxylation sites is 2. The van der Waals surface area contributed by atoms with Crippen LogP contribution in [0.15, 0.2) is 48.5 Å². The number of carbonyl (C=O) groups excluding carboxylic acids is 1. The summed E-state index contributed by atoms with van der Waals surface area (Å²) in [6.45, 7) is 6.79. The van der Waals surface area contributed by atoms with E-state index in [2.05, 4.69) is 20.8 Å². The van der Waals surface area contributed by atoms with Crippen LogP contribution >= 0.6 is 0 Å². The average Bonchev–Trinajstić information content (AvgIpc) is 3.07. The molecule has 30 heavy (non-hydrogen) atoms. The number of phenolic OH excluding ortho intramolecular Hbond substituents is 1. The molecule has 0 amide bonds. The molecule has 1 heterocycles. The number of rotatable bonds is 5. The second-order valence-electron chi connectivity index (χ2n) is 8.91. The third-order valence-corrected chi connectivity index (χ3v) is 6.31. The van der Waals surface area contributed by atoms with Crippen molar-refractivity contribution in [1.29, 1.82) is 0 Å². The van der Waals surface area contributed by atoms with Gasteiger partial charge in [0, 0.05) is 5.56 Å². The number of aromatic hydroxyl groups is 1. The molecular weight excluding hydrogens is 376 g/mol. The highest BCUT2D eigenvalue weighted by molar-refractivity contribution is 5.83. The zero-order chi connectivity index (χ0) is 21.3. The van der Waals surface area contributed by atoms with Gasteiger partial charge in [-0.2, -0.15) is 0 Å². The molecule has 158 valence electrons. The maximum absolute atomic E-state index is 13.0. The third-order valence-electron chi connectivity index (χ3n) is 6.31. The first-order valence-corrected chi connectivity index (χ1v) is 10.9. The number of fused-ring (bicyclic) bond motifs is 1. The lowest BCUT2D eigenvalue weighted by molar-refractivity contribution is -0.156. The minimum absolute atomic E-state index is 0.0202. The Bertz CT molecular complexity index is 1020. The number of imidazole rings is 1. The molecule has 1 N–H and O–H groups in total. The fourth-order valence-electron chi connectivity index (χ4n) is 4.65. The lowest BCUT2D eigenvalue weighted by Gasteiger charge is -2.36. The molecule has 1 aliphatic rings. The summed E-state index contributed by atoms with van der Waals surface area (Å²) in [6.07, 6.45) is 3.23. The first-order valence-electron chi connectivity index (χ1n) is 10.9. The van der Waals surface area contributed by atoms with E-state index in [1.165, 1.54) is 6.42 Å². The van der Waals surface area contributed by atoms with Crippen LogP contribution in [0, 0.1) is 17.8 Å². The van der Waals surface area contributed by atoms with Gasteiger partial charge in [0.2, 0.25) is 0 Å². The van der Waals surface area contributed by atoms with Gasteiger partial charge in [-0.3, -0.25) is 4.79 Å². The normalized spacial score (nSPS) is 21.8. The maximum Gasteiger partial charge on any atom is 0.326 e. The van der Waals surface area contributed by atoms with Gasteiger partial charge in [0.1, 0.15) is 24.2 Å². The third kappa shape index (κ3) is 4.20. The van der Waals surface area contributed by atoms with E-state index in [-0.39, 0.29) is 24.4 Å². The van der Waals surface area contributed by atoms with Crippen LogP contribution in [0.5, 0.6) is 5.75 Å². The van der Waals surface area contributed by atoms with Crippen LogP contribution in [-0.2, 0) is 16.1 Å². The van der Waals surface area contributed by atoms with Gasteiger partial charge in [-0.15, -0.1) is 0 Å². The number of esters is 1. The van der Waals surface area contributed by atoms with Crippen molar-refractivity contribution in [2.75, 3.05) is 0 Å². The zero-order valence-corrected chi connectivity index (χ0v) is 17.9. The second-order valence-corrected chi connectivity index (χ2v) is 8.91. The number of phenols is 1. The smallest absolute Gasteiger partial charge is 0.326 e. The molecule has 0 saturated heterocycles. The Morgan fingerprint density at radius 1 is 1.17 bits per heavy atom. The van der Waals surface area contributed by atoms with Crippen molar-refractivity contribution in [1.82, 2.24) is 9.55 Å². The van der Waals surface area contributed by atoms with Crippen molar-refractivity contribution in [2.24, 2.45) is 17.8 Å². The standard InChI is InChI=1S/C25H30N2O3/c1-16(2)20-13-8-17(3)14-23(20)30-24(29)15-27-22-7-5-4-6-21(22)26-25(27)18-9-11-19(28)12-10-18/h4-7,9-12,16-17,20,23,28H,8,13-15H2,1-3H3/t17?,20-,23?/m0/s1. The van der Waals surface area contributed by atoms with E-state index in [0.29, 0.717) is 23.6 Å². The van der Waals surface area contributed by atoms with Crippen molar-refractivity contribution < 1.29 is 14.6 Å². The lowest BCUT2D eigenvalue weighted by atomic mass is 9.75. The van der Waals surface area contributed by atoms with Gasteiger partial charge in [0.05, 0.1) is 11.0 Å². The Morgan fingerprint density at radius 3 is 2.63 bits per heavy atom. The fraction of sp³-hybridized carbons (Fsp3) is 0.440. The monoisotopic (exact) mass is 406 g/mol. The van der Waals surface area contributed by atoms with Gasteiger partial charge in [0.25, 0.3) is 0 Å². The number of aromatic nitrogens is 2. The van der Waals surface area contributed by atoms with E-state index in [9.17, 15) is 9.90 Å². The van der Waals surface area contributed by atoms with Crippen LogP contribution in [0.1, 0.15) is 40.0 Å². The summed E-state index contributed by atoms with van der Waals surface area (Å²) in [4.78, 5) is 17.8. The Hall–Kier alpha value is -2.82. The molecule has 2 aromatic carbocycles. The van der Waals surface area contributed by atoms with Crippen molar-refractivity contribution in [2.45, 2.75) is 52.7 Å². The summed E-state index contributed by atoms with van der Waals surface area (Å²) in [5.74, 6) is 2.18. The molecule has 0 radical (unpaired) electrons. The molecule has 1 fully saturated rings. The molecule has 0 spiro atoms. The first kappa shape index (κ1) is 20.5. The molecule has 5 heteroatoms. The van der Waals surface area contributed by atoms with E-state index in [0.717, 1.165) is 29.4 Å². The molecule has 3 atom stereocenters. The van der Waals surface area contributed by atoms with Crippen molar-refractivity contribution in [3.8, 4) is 17.1 Å². The molecule has 1 aromatic heterocycles. The van der Waals surface area contributed by atoms with Gasteiger partial charge in [-0.1, -0.05) is 39.3 Å². The molecule has 0 bridgehead atoms. The minimum atomic E-state index is -0.220. The zero-order valence-electron chi connectivity index (χ0n) is 17.9.